The molecule has 0 amide bonds. The Hall–Kier alpha value is -1.10. The lowest BCUT2D eigenvalue weighted by atomic mass is 10.2. The van der Waals surface area contributed by atoms with E-state index in [1.54, 1.807) is 0 Å². The molecule has 0 aliphatic heterocycles. The molecule has 2 rings (SSSR count). The Morgan fingerprint density at radius 3 is 2.48 bits per heavy atom. The molecule has 0 aliphatic rings. The van der Waals surface area contributed by atoms with Crippen LogP contribution in [0.25, 0.3) is 11.3 Å². The topological polar surface area (TPSA) is 36.6 Å². The van der Waals surface area contributed by atoms with Gasteiger partial charge in [0.2, 0.25) is 0 Å². The number of aliphatic hydroxyl groups is 1. The summed E-state index contributed by atoms with van der Waals surface area (Å²) in [5.74, 6) is 1.85. The predicted octanol–water partition coefficient (Wildman–Crippen LogP) is 4.30. The Kier molecular flexibility index (Phi) is 6.03. The van der Waals surface area contributed by atoms with Gasteiger partial charge in [-0.1, -0.05) is 28.1 Å². The molecule has 1 N–H and O–H groups in total. The molecule has 0 atom stereocenters. The zero-order chi connectivity index (χ0) is 15.2. The summed E-state index contributed by atoms with van der Waals surface area (Å²) in [7, 11) is 0. The van der Waals surface area contributed by atoms with Crippen LogP contribution in [0.1, 0.15) is 26.0 Å². The van der Waals surface area contributed by atoms with Crippen LogP contribution in [0.5, 0.6) is 0 Å². The SMILES string of the molecule is CC(C)N(CCCO)Cc1ccc(-c2ccc(Br)cc2)o1. The molecule has 3 nitrogen and oxygen atoms in total. The molecule has 4 heteroatoms. The molecule has 0 bridgehead atoms. The Bertz CT molecular complexity index is 548. The van der Waals surface area contributed by atoms with Gasteiger partial charge in [0.1, 0.15) is 11.5 Å². The summed E-state index contributed by atoms with van der Waals surface area (Å²) in [5.41, 5.74) is 1.08. The molecule has 1 aromatic carbocycles. The number of furan rings is 1. The number of hydrogen-bond acceptors (Lipinski definition) is 3. The number of aliphatic hydroxyl groups excluding tert-OH is 1. The average molecular weight is 352 g/mol. The molecule has 2 aromatic rings. The van der Waals surface area contributed by atoms with Crippen molar-refractivity contribution in [2.45, 2.75) is 32.9 Å². The Balaban J connectivity index is 2.06. The van der Waals surface area contributed by atoms with Crippen LogP contribution in [-0.2, 0) is 6.54 Å². The molecule has 0 aliphatic carbocycles. The van der Waals surface area contributed by atoms with E-state index in [1.807, 2.05) is 36.4 Å². The number of nitrogens with zero attached hydrogens (tertiary/aromatic N) is 1. The first-order chi connectivity index (χ1) is 10.1. The van der Waals surface area contributed by atoms with Gasteiger partial charge in [0.05, 0.1) is 6.54 Å². The molecule has 114 valence electrons. The Morgan fingerprint density at radius 1 is 1.14 bits per heavy atom. The maximum atomic E-state index is 8.98. The van der Waals surface area contributed by atoms with Gasteiger partial charge in [-0.05, 0) is 44.5 Å². The van der Waals surface area contributed by atoms with Crippen LogP contribution in [0.15, 0.2) is 45.3 Å². The molecule has 0 spiro atoms. The van der Waals surface area contributed by atoms with Crippen LogP contribution in [0.3, 0.4) is 0 Å². The summed E-state index contributed by atoms with van der Waals surface area (Å²) < 4.78 is 7.01. The Morgan fingerprint density at radius 2 is 1.86 bits per heavy atom. The van der Waals surface area contributed by atoms with Crippen molar-refractivity contribution in [3.05, 3.63) is 46.6 Å². The highest BCUT2D eigenvalue weighted by atomic mass is 79.9. The van der Waals surface area contributed by atoms with Gasteiger partial charge in [-0.2, -0.15) is 0 Å². The normalized spacial score (nSPS) is 11.5. The lowest BCUT2D eigenvalue weighted by Gasteiger charge is -2.25. The van der Waals surface area contributed by atoms with Gasteiger partial charge >= 0.3 is 0 Å². The van der Waals surface area contributed by atoms with Crippen molar-refractivity contribution >= 4 is 15.9 Å². The fourth-order valence-corrected chi connectivity index (χ4v) is 2.49. The molecule has 0 fully saturated rings. The summed E-state index contributed by atoms with van der Waals surface area (Å²) in [6.07, 6.45) is 0.790. The molecule has 0 unspecified atom stereocenters. The van der Waals surface area contributed by atoms with Crippen molar-refractivity contribution in [3.8, 4) is 11.3 Å². The van der Waals surface area contributed by atoms with Crippen LogP contribution < -0.4 is 0 Å². The van der Waals surface area contributed by atoms with E-state index in [2.05, 4.69) is 34.7 Å². The monoisotopic (exact) mass is 351 g/mol. The number of benzene rings is 1. The van der Waals surface area contributed by atoms with Gasteiger partial charge in [0.25, 0.3) is 0 Å². The summed E-state index contributed by atoms with van der Waals surface area (Å²) in [5, 5.41) is 8.98. The molecular weight excluding hydrogens is 330 g/mol. The second-order valence-corrected chi connectivity index (χ2v) is 6.33. The van der Waals surface area contributed by atoms with Crippen LogP contribution >= 0.6 is 15.9 Å². The summed E-state index contributed by atoms with van der Waals surface area (Å²) in [4.78, 5) is 2.31. The molecule has 1 aromatic heterocycles. The Labute approximate surface area is 134 Å². The van der Waals surface area contributed by atoms with Crippen molar-refractivity contribution in [1.82, 2.24) is 4.90 Å². The third kappa shape index (κ3) is 4.70. The minimum absolute atomic E-state index is 0.228. The average Bonchev–Trinajstić information content (AvgIpc) is 2.92. The zero-order valence-electron chi connectivity index (χ0n) is 12.6. The second-order valence-electron chi connectivity index (χ2n) is 5.41. The minimum atomic E-state index is 0.228. The van der Waals surface area contributed by atoms with Crippen molar-refractivity contribution < 1.29 is 9.52 Å². The van der Waals surface area contributed by atoms with Crippen LogP contribution in [0, 0.1) is 0 Å². The number of hydrogen-bond donors (Lipinski definition) is 1. The van der Waals surface area contributed by atoms with Gasteiger partial charge in [0.15, 0.2) is 0 Å². The summed E-state index contributed by atoms with van der Waals surface area (Å²) in [6, 6.07) is 12.6. The van der Waals surface area contributed by atoms with Gasteiger partial charge in [-0.3, -0.25) is 4.90 Å². The number of rotatable bonds is 7. The van der Waals surface area contributed by atoms with Crippen LogP contribution in [0.4, 0.5) is 0 Å². The predicted molar refractivity (Wildman–Crippen MR) is 89.1 cm³/mol. The van der Waals surface area contributed by atoms with Gasteiger partial charge in [-0.15, -0.1) is 0 Å². The highest BCUT2D eigenvalue weighted by Gasteiger charge is 2.12. The van der Waals surface area contributed by atoms with E-state index >= 15 is 0 Å². The first kappa shape index (κ1) is 16.3. The van der Waals surface area contributed by atoms with Crippen LogP contribution in [-0.4, -0.2) is 29.2 Å². The van der Waals surface area contributed by atoms with E-state index in [1.165, 1.54) is 0 Å². The van der Waals surface area contributed by atoms with E-state index in [-0.39, 0.29) is 6.61 Å². The van der Waals surface area contributed by atoms with Crippen molar-refractivity contribution in [3.63, 3.8) is 0 Å². The highest BCUT2D eigenvalue weighted by molar-refractivity contribution is 9.10. The lowest BCUT2D eigenvalue weighted by molar-refractivity contribution is 0.174. The van der Waals surface area contributed by atoms with E-state index in [9.17, 15) is 0 Å². The van der Waals surface area contributed by atoms with Crippen molar-refractivity contribution in [1.29, 1.82) is 0 Å². The van der Waals surface area contributed by atoms with E-state index in [0.717, 1.165) is 41.1 Å². The highest BCUT2D eigenvalue weighted by Crippen LogP contribution is 2.24. The fraction of sp³-hybridized carbons (Fsp3) is 0.412. The largest absolute Gasteiger partial charge is 0.460 e. The third-order valence-electron chi connectivity index (χ3n) is 3.48. The molecule has 0 saturated carbocycles. The fourth-order valence-electron chi connectivity index (χ4n) is 2.23. The summed E-state index contributed by atoms with van der Waals surface area (Å²) in [6.45, 7) is 6.20. The van der Waals surface area contributed by atoms with Gasteiger partial charge < -0.3 is 9.52 Å². The maximum Gasteiger partial charge on any atom is 0.134 e. The molecule has 0 radical (unpaired) electrons. The van der Waals surface area contributed by atoms with E-state index < -0.39 is 0 Å². The second kappa shape index (κ2) is 7.78. The van der Waals surface area contributed by atoms with Gasteiger partial charge in [-0.25, -0.2) is 0 Å². The minimum Gasteiger partial charge on any atom is -0.460 e. The molecule has 21 heavy (non-hydrogen) atoms. The summed E-state index contributed by atoms with van der Waals surface area (Å²) >= 11 is 3.44. The maximum absolute atomic E-state index is 8.98. The third-order valence-corrected chi connectivity index (χ3v) is 4.01. The number of halogens is 1. The molecule has 1 heterocycles. The quantitative estimate of drug-likeness (QED) is 0.807. The first-order valence-corrected chi connectivity index (χ1v) is 8.09. The molecular formula is C17H22BrNO2. The smallest absolute Gasteiger partial charge is 0.134 e. The van der Waals surface area contributed by atoms with Gasteiger partial charge in [0, 0.05) is 29.2 Å². The van der Waals surface area contributed by atoms with E-state index in [0.29, 0.717) is 6.04 Å². The van der Waals surface area contributed by atoms with Crippen molar-refractivity contribution in [2.75, 3.05) is 13.2 Å². The standard InChI is InChI=1S/C17H22BrNO2/c1-13(2)19(10-3-11-20)12-16-8-9-17(21-16)14-4-6-15(18)7-5-14/h4-9,13,20H,3,10-12H2,1-2H3. The first-order valence-electron chi connectivity index (χ1n) is 7.29. The van der Waals surface area contributed by atoms with Crippen LogP contribution in [0.2, 0.25) is 0 Å². The lowest BCUT2D eigenvalue weighted by Crippen LogP contribution is -2.31. The van der Waals surface area contributed by atoms with E-state index in [4.69, 9.17) is 9.52 Å². The van der Waals surface area contributed by atoms with Crippen molar-refractivity contribution in [2.24, 2.45) is 0 Å². The zero-order valence-corrected chi connectivity index (χ0v) is 14.1. The molecule has 0 saturated heterocycles.